The first-order valence-electron chi connectivity index (χ1n) is 5.65. The van der Waals surface area contributed by atoms with E-state index in [1.54, 1.807) is 6.07 Å². The molecule has 4 nitrogen and oxygen atoms in total. The van der Waals surface area contributed by atoms with Gasteiger partial charge >= 0.3 is 5.97 Å². The van der Waals surface area contributed by atoms with Gasteiger partial charge in [0.1, 0.15) is 5.69 Å². The SMILES string of the molecule is O=C(O)c1cc(COCc2ccc(Br)cc2)ccn1. The first-order chi connectivity index (χ1) is 9.15. The molecule has 0 bridgehead atoms. The molecule has 1 aromatic carbocycles. The summed E-state index contributed by atoms with van der Waals surface area (Å²) in [4.78, 5) is 14.5. The summed E-state index contributed by atoms with van der Waals surface area (Å²) < 4.78 is 6.57. The van der Waals surface area contributed by atoms with Crippen LogP contribution in [0.15, 0.2) is 47.1 Å². The van der Waals surface area contributed by atoms with Gasteiger partial charge in [0.05, 0.1) is 13.2 Å². The molecule has 0 saturated carbocycles. The number of hydrogen-bond acceptors (Lipinski definition) is 3. The highest BCUT2D eigenvalue weighted by Crippen LogP contribution is 2.12. The van der Waals surface area contributed by atoms with E-state index >= 15 is 0 Å². The molecule has 2 aromatic rings. The Morgan fingerprint density at radius 1 is 1.16 bits per heavy atom. The van der Waals surface area contributed by atoms with E-state index in [4.69, 9.17) is 9.84 Å². The van der Waals surface area contributed by atoms with Gasteiger partial charge in [0, 0.05) is 10.7 Å². The van der Waals surface area contributed by atoms with E-state index in [0.717, 1.165) is 15.6 Å². The summed E-state index contributed by atoms with van der Waals surface area (Å²) >= 11 is 3.37. The minimum atomic E-state index is -1.03. The molecule has 98 valence electrons. The van der Waals surface area contributed by atoms with Crippen LogP contribution in [0, 0.1) is 0 Å². The van der Waals surface area contributed by atoms with Gasteiger partial charge in [0.15, 0.2) is 0 Å². The van der Waals surface area contributed by atoms with Gasteiger partial charge in [-0.1, -0.05) is 28.1 Å². The molecule has 0 atom stereocenters. The highest BCUT2D eigenvalue weighted by molar-refractivity contribution is 9.10. The van der Waals surface area contributed by atoms with Gasteiger partial charge in [-0.05, 0) is 35.4 Å². The Hall–Kier alpha value is -1.72. The van der Waals surface area contributed by atoms with Crippen LogP contribution in [-0.2, 0) is 18.0 Å². The molecular formula is C14H12BrNO3. The summed E-state index contributed by atoms with van der Waals surface area (Å²) in [5.74, 6) is -1.03. The maximum Gasteiger partial charge on any atom is 0.354 e. The maximum absolute atomic E-state index is 10.8. The second-order valence-corrected chi connectivity index (χ2v) is 4.89. The smallest absolute Gasteiger partial charge is 0.354 e. The summed E-state index contributed by atoms with van der Waals surface area (Å²) in [6, 6.07) is 11.1. The minimum Gasteiger partial charge on any atom is -0.477 e. The van der Waals surface area contributed by atoms with Gasteiger partial charge in [0.25, 0.3) is 0 Å². The largest absolute Gasteiger partial charge is 0.477 e. The first kappa shape index (κ1) is 13.7. The minimum absolute atomic E-state index is 0.0322. The van der Waals surface area contributed by atoms with Crippen LogP contribution in [0.2, 0.25) is 0 Å². The van der Waals surface area contributed by atoms with E-state index in [-0.39, 0.29) is 5.69 Å². The predicted octanol–water partition coefficient (Wildman–Crippen LogP) is 3.26. The van der Waals surface area contributed by atoms with E-state index in [0.29, 0.717) is 13.2 Å². The van der Waals surface area contributed by atoms with E-state index in [1.807, 2.05) is 24.3 Å². The number of carbonyl (C=O) groups is 1. The van der Waals surface area contributed by atoms with Crippen LogP contribution in [0.1, 0.15) is 21.6 Å². The number of aromatic carboxylic acids is 1. The molecule has 0 fully saturated rings. The van der Waals surface area contributed by atoms with Crippen molar-refractivity contribution in [1.82, 2.24) is 4.98 Å². The molecule has 0 aliphatic carbocycles. The number of carboxylic acids is 1. The number of pyridine rings is 1. The summed E-state index contributed by atoms with van der Waals surface area (Å²) in [5.41, 5.74) is 1.89. The molecule has 0 saturated heterocycles. The molecule has 1 heterocycles. The molecule has 19 heavy (non-hydrogen) atoms. The molecule has 5 heteroatoms. The highest BCUT2D eigenvalue weighted by atomic mass is 79.9. The van der Waals surface area contributed by atoms with E-state index in [1.165, 1.54) is 12.3 Å². The molecule has 0 aliphatic heterocycles. The second kappa shape index (κ2) is 6.45. The van der Waals surface area contributed by atoms with Crippen LogP contribution >= 0.6 is 15.9 Å². The number of aromatic nitrogens is 1. The van der Waals surface area contributed by atoms with Gasteiger partial charge in [0.2, 0.25) is 0 Å². The topological polar surface area (TPSA) is 59.4 Å². The van der Waals surface area contributed by atoms with Crippen molar-refractivity contribution in [2.75, 3.05) is 0 Å². The third kappa shape index (κ3) is 4.15. The van der Waals surface area contributed by atoms with Crippen molar-refractivity contribution >= 4 is 21.9 Å². The molecule has 0 unspecified atom stereocenters. The van der Waals surface area contributed by atoms with Crippen LogP contribution < -0.4 is 0 Å². The summed E-state index contributed by atoms with van der Waals surface area (Å²) in [6.07, 6.45) is 1.47. The lowest BCUT2D eigenvalue weighted by Gasteiger charge is -2.05. The number of halogens is 1. The van der Waals surface area contributed by atoms with Crippen LogP contribution in [0.3, 0.4) is 0 Å². The highest BCUT2D eigenvalue weighted by Gasteiger charge is 2.04. The number of ether oxygens (including phenoxy) is 1. The molecular weight excluding hydrogens is 310 g/mol. The van der Waals surface area contributed by atoms with Crippen LogP contribution in [-0.4, -0.2) is 16.1 Å². The zero-order valence-electron chi connectivity index (χ0n) is 10.0. The molecule has 0 spiro atoms. The normalized spacial score (nSPS) is 10.4. The molecule has 1 N–H and O–H groups in total. The lowest BCUT2D eigenvalue weighted by molar-refractivity contribution is 0.0689. The maximum atomic E-state index is 10.8. The fourth-order valence-corrected chi connectivity index (χ4v) is 1.81. The van der Waals surface area contributed by atoms with Gasteiger partial charge < -0.3 is 9.84 Å². The zero-order valence-corrected chi connectivity index (χ0v) is 11.6. The monoisotopic (exact) mass is 321 g/mol. The average molecular weight is 322 g/mol. The number of benzene rings is 1. The van der Waals surface area contributed by atoms with Crippen LogP contribution in [0.4, 0.5) is 0 Å². The molecule has 0 amide bonds. The van der Waals surface area contributed by atoms with Crippen molar-refractivity contribution in [1.29, 1.82) is 0 Å². The van der Waals surface area contributed by atoms with Crippen molar-refractivity contribution in [2.45, 2.75) is 13.2 Å². The Bertz CT molecular complexity index is 569. The van der Waals surface area contributed by atoms with Crippen LogP contribution in [0.25, 0.3) is 0 Å². The Morgan fingerprint density at radius 3 is 2.53 bits per heavy atom. The number of rotatable bonds is 5. The standard InChI is InChI=1S/C14H12BrNO3/c15-12-3-1-10(2-4-12)8-19-9-11-5-6-16-13(7-11)14(17)18/h1-7H,8-9H2,(H,17,18). The average Bonchev–Trinajstić information content (AvgIpc) is 2.41. The quantitative estimate of drug-likeness (QED) is 0.918. The number of carboxylic acid groups (broad SMARTS) is 1. The summed E-state index contributed by atoms with van der Waals surface area (Å²) in [6.45, 7) is 0.844. The van der Waals surface area contributed by atoms with Crippen molar-refractivity contribution in [3.63, 3.8) is 0 Å². The second-order valence-electron chi connectivity index (χ2n) is 3.97. The van der Waals surface area contributed by atoms with Crippen molar-refractivity contribution in [2.24, 2.45) is 0 Å². The third-order valence-electron chi connectivity index (χ3n) is 2.49. The van der Waals surface area contributed by atoms with Gasteiger partial charge in [-0.15, -0.1) is 0 Å². The lowest BCUT2D eigenvalue weighted by atomic mass is 10.2. The van der Waals surface area contributed by atoms with Gasteiger partial charge in [-0.3, -0.25) is 0 Å². The molecule has 0 aliphatic rings. The van der Waals surface area contributed by atoms with E-state index in [2.05, 4.69) is 20.9 Å². The predicted molar refractivity (Wildman–Crippen MR) is 73.8 cm³/mol. The Morgan fingerprint density at radius 2 is 1.84 bits per heavy atom. The third-order valence-corrected chi connectivity index (χ3v) is 3.02. The van der Waals surface area contributed by atoms with Crippen LogP contribution in [0.5, 0.6) is 0 Å². The Labute approximate surface area is 119 Å². The molecule has 0 radical (unpaired) electrons. The molecule has 2 rings (SSSR count). The van der Waals surface area contributed by atoms with Gasteiger partial charge in [-0.2, -0.15) is 0 Å². The Kier molecular flexibility index (Phi) is 4.65. The summed E-state index contributed by atoms with van der Waals surface area (Å²) in [7, 11) is 0. The number of hydrogen-bond donors (Lipinski definition) is 1. The van der Waals surface area contributed by atoms with E-state index in [9.17, 15) is 4.79 Å². The zero-order chi connectivity index (χ0) is 13.7. The molecule has 1 aromatic heterocycles. The Balaban J connectivity index is 1.90. The lowest BCUT2D eigenvalue weighted by Crippen LogP contribution is -2.02. The van der Waals surface area contributed by atoms with Crippen molar-refractivity contribution in [3.8, 4) is 0 Å². The van der Waals surface area contributed by atoms with Crippen molar-refractivity contribution in [3.05, 3.63) is 63.9 Å². The van der Waals surface area contributed by atoms with Gasteiger partial charge in [-0.25, -0.2) is 9.78 Å². The van der Waals surface area contributed by atoms with Crippen molar-refractivity contribution < 1.29 is 14.6 Å². The fraction of sp³-hybridized carbons (Fsp3) is 0.143. The summed E-state index contributed by atoms with van der Waals surface area (Å²) in [5, 5.41) is 8.83. The number of nitrogens with zero attached hydrogens (tertiary/aromatic N) is 1. The van der Waals surface area contributed by atoms with E-state index < -0.39 is 5.97 Å². The fourth-order valence-electron chi connectivity index (χ4n) is 1.55. The first-order valence-corrected chi connectivity index (χ1v) is 6.45.